The van der Waals surface area contributed by atoms with Crippen LogP contribution in [0.25, 0.3) is 0 Å². The normalized spacial score (nSPS) is 13.2. The number of nitrogens with two attached hydrogens (primary N) is 1. The van der Waals surface area contributed by atoms with E-state index in [0.29, 0.717) is 31.4 Å². The van der Waals surface area contributed by atoms with Gasteiger partial charge in [0.2, 0.25) is 5.91 Å². The second kappa shape index (κ2) is 10.0. The molecule has 0 radical (unpaired) electrons. The number of nitrogens with zero attached hydrogens (tertiary/aromatic N) is 4. The van der Waals surface area contributed by atoms with Crippen LogP contribution in [0.5, 0.6) is 0 Å². The number of hydrogen-bond acceptors (Lipinski definition) is 7. The molecule has 0 aliphatic heterocycles. The van der Waals surface area contributed by atoms with Crippen molar-refractivity contribution in [1.29, 1.82) is 0 Å². The van der Waals surface area contributed by atoms with E-state index in [-0.39, 0.29) is 18.5 Å². The van der Waals surface area contributed by atoms with Crippen molar-refractivity contribution in [1.82, 2.24) is 25.5 Å². The third kappa shape index (κ3) is 6.21. The molecule has 0 aliphatic rings. The molecule has 2 unspecified atom stereocenters. The highest BCUT2D eigenvalue weighted by Crippen LogP contribution is 2.15. The minimum atomic E-state index is -1.30. The molecule has 2 aromatic rings. The second-order valence-corrected chi connectivity index (χ2v) is 6.27. The van der Waals surface area contributed by atoms with Gasteiger partial charge in [0, 0.05) is 0 Å². The minimum Gasteiger partial charge on any atom is -0.427 e. The van der Waals surface area contributed by atoms with E-state index in [1.165, 1.54) is 4.68 Å². The fraction of sp³-hybridized carbons (Fsp3) is 0.500. The van der Waals surface area contributed by atoms with Crippen LogP contribution < -0.4 is 11.1 Å². The van der Waals surface area contributed by atoms with E-state index >= 15 is 0 Å². The van der Waals surface area contributed by atoms with Gasteiger partial charge in [-0.05, 0) is 35.7 Å². The summed E-state index contributed by atoms with van der Waals surface area (Å²) in [6, 6.07) is 9.13. The number of amides is 1. The molecule has 0 aliphatic carbocycles. The molecule has 140 valence electrons. The van der Waals surface area contributed by atoms with E-state index in [9.17, 15) is 4.79 Å². The van der Waals surface area contributed by atoms with Gasteiger partial charge in [-0.25, -0.2) is 4.68 Å². The van der Waals surface area contributed by atoms with Crippen molar-refractivity contribution in [2.45, 2.75) is 51.1 Å². The van der Waals surface area contributed by atoms with Crippen molar-refractivity contribution in [3.05, 3.63) is 41.7 Å². The van der Waals surface area contributed by atoms with E-state index in [1.54, 1.807) is 0 Å². The summed E-state index contributed by atoms with van der Waals surface area (Å²) >= 11 is 0. The number of aromatic nitrogens is 4. The Morgan fingerprint density at radius 2 is 2.04 bits per heavy atom. The zero-order chi connectivity index (χ0) is 18.9. The first-order chi connectivity index (χ1) is 12.5. The van der Waals surface area contributed by atoms with Crippen LogP contribution in [-0.2, 0) is 11.3 Å². The van der Waals surface area contributed by atoms with E-state index < -0.39 is 13.2 Å². The van der Waals surface area contributed by atoms with Gasteiger partial charge in [-0.15, -0.1) is 5.10 Å². The average Bonchev–Trinajstić information content (AvgIpc) is 3.07. The predicted molar refractivity (Wildman–Crippen MR) is 96.6 cm³/mol. The van der Waals surface area contributed by atoms with Gasteiger partial charge in [0.1, 0.15) is 6.54 Å². The number of rotatable bonds is 10. The van der Waals surface area contributed by atoms with Gasteiger partial charge in [0.05, 0.1) is 12.1 Å². The summed E-state index contributed by atoms with van der Waals surface area (Å²) in [6.45, 7) is 1.90. The topological polar surface area (TPSA) is 139 Å². The summed E-state index contributed by atoms with van der Waals surface area (Å²) in [5, 5.41) is 32.0. The van der Waals surface area contributed by atoms with E-state index in [2.05, 4.69) is 20.8 Å². The molecule has 0 spiro atoms. The summed E-state index contributed by atoms with van der Waals surface area (Å²) in [4.78, 5) is 12.3. The lowest BCUT2D eigenvalue weighted by Gasteiger charge is -2.15. The molecule has 26 heavy (non-hydrogen) atoms. The quantitative estimate of drug-likeness (QED) is 0.350. The van der Waals surface area contributed by atoms with Gasteiger partial charge in [0.15, 0.2) is 5.82 Å². The molecule has 0 fully saturated rings. The molecule has 5 N–H and O–H groups in total. The van der Waals surface area contributed by atoms with Crippen LogP contribution in [0, 0.1) is 0 Å². The Hall–Kier alpha value is -2.30. The smallest absolute Gasteiger partial charge is 0.427 e. The maximum absolute atomic E-state index is 12.3. The van der Waals surface area contributed by atoms with Gasteiger partial charge < -0.3 is 21.1 Å². The Bertz CT molecular complexity index is 682. The van der Waals surface area contributed by atoms with Gasteiger partial charge in [-0.1, -0.05) is 43.2 Å². The highest BCUT2D eigenvalue weighted by molar-refractivity contribution is 6.40. The van der Waals surface area contributed by atoms with E-state index in [1.807, 2.05) is 37.3 Å². The van der Waals surface area contributed by atoms with Gasteiger partial charge in [0.25, 0.3) is 0 Å². The number of benzene rings is 1. The highest BCUT2D eigenvalue weighted by Gasteiger charge is 2.18. The van der Waals surface area contributed by atoms with Crippen LogP contribution in [0.3, 0.4) is 0 Å². The molecular formula is C16H25BN6O3. The summed E-state index contributed by atoms with van der Waals surface area (Å²) < 4.78 is 1.40. The number of nitrogens with one attached hydrogen (secondary N) is 1. The predicted octanol–water partition coefficient (Wildman–Crippen LogP) is 0.193. The fourth-order valence-electron chi connectivity index (χ4n) is 2.66. The highest BCUT2D eigenvalue weighted by atomic mass is 16.4. The van der Waals surface area contributed by atoms with Crippen molar-refractivity contribution in [3.8, 4) is 0 Å². The van der Waals surface area contributed by atoms with Gasteiger partial charge >= 0.3 is 7.12 Å². The summed E-state index contributed by atoms with van der Waals surface area (Å²) in [6.07, 6.45) is 2.25. The molecule has 1 aromatic heterocycles. The largest absolute Gasteiger partial charge is 0.451 e. The van der Waals surface area contributed by atoms with Crippen LogP contribution in [0.2, 0.25) is 6.32 Å². The Labute approximate surface area is 152 Å². The number of carbonyl (C=O) groups excluding carboxylic acids is 1. The van der Waals surface area contributed by atoms with Gasteiger partial charge in [-0.2, -0.15) is 0 Å². The van der Waals surface area contributed by atoms with E-state index in [0.717, 1.165) is 5.56 Å². The Morgan fingerprint density at radius 3 is 2.73 bits per heavy atom. The summed E-state index contributed by atoms with van der Waals surface area (Å²) in [5.41, 5.74) is 7.12. The number of unbranched alkanes of at least 4 members (excludes halogenated alkanes) is 1. The number of carbonyl (C=O) groups is 1. The molecule has 1 aromatic carbocycles. The monoisotopic (exact) mass is 360 g/mol. The third-order valence-corrected chi connectivity index (χ3v) is 4.09. The van der Waals surface area contributed by atoms with Crippen LogP contribution in [0.1, 0.15) is 49.7 Å². The molecule has 2 atom stereocenters. The first kappa shape index (κ1) is 20.0. The Morgan fingerprint density at radius 1 is 1.31 bits per heavy atom. The summed E-state index contributed by atoms with van der Waals surface area (Å²) in [7, 11) is -1.30. The standard InChI is InChI=1S/C16H25BN6O3/c1-12(13-7-3-2-4-8-13)19-15(24)11-23-16(20-21-22-23)14(18)9-5-6-10-17(25)26/h2-4,7-8,12,14,25-26H,5-6,9-11,18H2,1H3,(H,19,24). The fourth-order valence-corrected chi connectivity index (χ4v) is 2.66. The average molecular weight is 360 g/mol. The zero-order valence-corrected chi connectivity index (χ0v) is 14.8. The maximum atomic E-state index is 12.3. The SMILES string of the molecule is CC(NC(=O)Cn1nnnc1C(N)CCCCB(O)O)c1ccccc1. The first-order valence-corrected chi connectivity index (χ1v) is 8.69. The van der Waals surface area contributed by atoms with Crippen molar-refractivity contribution in [2.24, 2.45) is 5.73 Å². The molecule has 0 bridgehead atoms. The lowest BCUT2D eigenvalue weighted by Crippen LogP contribution is -2.31. The van der Waals surface area contributed by atoms with Crippen LogP contribution in [0.4, 0.5) is 0 Å². The Kier molecular flexibility index (Phi) is 7.70. The number of tetrazole rings is 1. The van der Waals surface area contributed by atoms with Crippen LogP contribution in [-0.4, -0.2) is 43.3 Å². The van der Waals surface area contributed by atoms with Crippen molar-refractivity contribution in [3.63, 3.8) is 0 Å². The molecule has 2 rings (SSSR count). The van der Waals surface area contributed by atoms with Crippen molar-refractivity contribution < 1.29 is 14.8 Å². The van der Waals surface area contributed by atoms with E-state index in [4.69, 9.17) is 15.8 Å². The van der Waals surface area contributed by atoms with Crippen LogP contribution >= 0.6 is 0 Å². The Balaban J connectivity index is 1.86. The molecule has 10 heteroatoms. The van der Waals surface area contributed by atoms with Crippen molar-refractivity contribution >= 4 is 13.0 Å². The lowest BCUT2D eigenvalue weighted by atomic mass is 9.83. The summed E-state index contributed by atoms with van der Waals surface area (Å²) in [5.74, 6) is 0.238. The first-order valence-electron chi connectivity index (χ1n) is 8.69. The lowest BCUT2D eigenvalue weighted by molar-refractivity contribution is -0.122. The molecule has 1 amide bonds. The molecular weight excluding hydrogens is 335 g/mol. The molecule has 9 nitrogen and oxygen atoms in total. The molecule has 0 saturated heterocycles. The second-order valence-electron chi connectivity index (χ2n) is 6.27. The molecule has 1 heterocycles. The maximum Gasteiger partial charge on any atom is 0.451 e. The zero-order valence-electron chi connectivity index (χ0n) is 14.8. The molecule has 0 saturated carbocycles. The van der Waals surface area contributed by atoms with Crippen molar-refractivity contribution in [2.75, 3.05) is 0 Å². The van der Waals surface area contributed by atoms with Gasteiger partial charge in [-0.3, -0.25) is 4.79 Å². The third-order valence-electron chi connectivity index (χ3n) is 4.09. The van der Waals surface area contributed by atoms with Crippen LogP contribution in [0.15, 0.2) is 30.3 Å². The minimum absolute atomic E-state index is 0.0113. The number of hydrogen-bond donors (Lipinski definition) is 4.